The lowest BCUT2D eigenvalue weighted by molar-refractivity contribution is 0.252. The number of rotatable bonds is 5. The molecule has 1 saturated heterocycles. The van der Waals surface area contributed by atoms with Crippen LogP contribution in [0.3, 0.4) is 0 Å². The lowest BCUT2D eigenvalue weighted by atomic mass is 10.0. The maximum absolute atomic E-state index is 13.3. The summed E-state index contributed by atoms with van der Waals surface area (Å²) in [7, 11) is 0. The Bertz CT molecular complexity index is 1540. The predicted octanol–water partition coefficient (Wildman–Crippen LogP) is 2.48. The van der Waals surface area contributed by atoms with E-state index in [0.717, 1.165) is 25.2 Å². The number of amides is 2. The molecule has 0 unspecified atom stereocenters. The van der Waals surface area contributed by atoms with Gasteiger partial charge in [-0.05, 0) is 62.2 Å². The van der Waals surface area contributed by atoms with Crippen molar-refractivity contribution >= 4 is 34.5 Å². The van der Waals surface area contributed by atoms with E-state index in [-0.39, 0.29) is 17.6 Å². The number of nitrogens with zero attached hydrogens (tertiary/aromatic N) is 6. The second-order valence-electron chi connectivity index (χ2n) is 9.26. The summed E-state index contributed by atoms with van der Waals surface area (Å²) in [5, 5.41) is 9.87. The molecule has 1 fully saturated rings. The Labute approximate surface area is 207 Å². The Morgan fingerprint density at radius 2 is 1.89 bits per heavy atom. The monoisotopic (exact) mass is 485 g/mol. The zero-order chi connectivity index (χ0) is 24.8. The highest BCUT2D eigenvalue weighted by Crippen LogP contribution is 2.24. The number of urea groups is 1. The molecule has 11 nitrogen and oxygen atoms in total. The van der Waals surface area contributed by atoms with E-state index >= 15 is 0 Å². The number of anilines is 3. The molecule has 5 heterocycles. The minimum absolute atomic E-state index is 0.156. The number of carbonyl (C=O) groups is 1. The lowest BCUT2D eigenvalue weighted by Crippen LogP contribution is -2.29. The summed E-state index contributed by atoms with van der Waals surface area (Å²) < 4.78 is 3.33. The normalized spacial score (nSPS) is 15.4. The molecule has 0 spiro atoms. The van der Waals surface area contributed by atoms with Gasteiger partial charge in [0.25, 0.3) is 5.56 Å². The largest absolute Gasteiger partial charge is 0.336 e. The third-order valence-electron chi connectivity index (χ3n) is 6.53. The Kier molecular flexibility index (Phi) is 5.41. The van der Waals surface area contributed by atoms with E-state index < -0.39 is 0 Å². The smallest absolute Gasteiger partial charge is 0.323 e. The molecule has 36 heavy (non-hydrogen) atoms. The van der Waals surface area contributed by atoms with Crippen molar-refractivity contribution in [3.8, 4) is 5.82 Å². The molecule has 4 aromatic rings. The van der Waals surface area contributed by atoms with Gasteiger partial charge in [-0.1, -0.05) is 12.1 Å². The van der Waals surface area contributed by atoms with Gasteiger partial charge >= 0.3 is 6.03 Å². The van der Waals surface area contributed by atoms with Crippen molar-refractivity contribution in [1.82, 2.24) is 34.9 Å². The van der Waals surface area contributed by atoms with Crippen molar-refractivity contribution in [1.29, 1.82) is 0 Å². The summed E-state index contributed by atoms with van der Waals surface area (Å²) in [4.78, 5) is 41.0. The first kappa shape index (κ1) is 22.2. The summed E-state index contributed by atoms with van der Waals surface area (Å²) in [6.45, 7) is 6.78. The molecule has 2 amide bonds. The van der Waals surface area contributed by atoms with Crippen LogP contribution in [0, 0.1) is 0 Å². The van der Waals surface area contributed by atoms with E-state index in [1.165, 1.54) is 11.1 Å². The topological polar surface area (TPSA) is 122 Å². The summed E-state index contributed by atoms with van der Waals surface area (Å²) in [5.74, 6) is 1.40. The number of fused-ring (bicyclic) bond motifs is 2. The molecule has 0 radical (unpaired) electrons. The molecule has 0 aliphatic carbocycles. The van der Waals surface area contributed by atoms with Crippen molar-refractivity contribution in [3.63, 3.8) is 0 Å². The van der Waals surface area contributed by atoms with Gasteiger partial charge in [0.1, 0.15) is 11.2 Å². The SMILES string of the molecule is CC(C)n1c(=O)c2cnc(Nc3ccc4c(c3)CNCC4)nc2n1-c1cccc(N2CCNC2=O)n1. The van der Waals surface area contributed by atoms with Crippen molar-refractivity contribution in [3.05, 3.63) is 64.1 Å². The second-order valence-corrected chi connectivity index (χ2v) is 9.26. The molecule has 0 saturated carbocycles. The van der Waals surface area contributed by atoms with Crippen LogP contribution in [0.1, 0.15) is 31.0 Å². The second kappa shape index (κ2) is 8.76. The molecular formula is C25H27N9O2. The van der Waals surface area contributed by atoms with Crippen LogP contribution in [0.25, 0.3) is 16.9 Å². The van der Waals surface area contributed by atoms with Crippen molar-refractivity contribution < 1.29 is 4.79 Å². The molecule has 3 aromatic heterocycles. The fourth-order valence-electron chi connectivity index (χ4n) is 4.80. The summed E-state index contributed by atoms with van der Waals surface area (Å²) in [6.07, 6.45) is 2.57. The standard InChI is InChI=1S/C25H27N9O2/c1-15(2)33-23(35)19-14-28-24(29-18-7-6-16-8-9-26-13-17(16)12-18)31-22(19)34(33)21-5-3-4-20(30-21)32-11-10-27-25(32)36/h3-7,12,14-15,26H,8-11,13H2,1-2H3,(H,27,36)(H,28,29,31). The first-order chi connectivity index (χ1) is 17.5. The molecule has 2 aliphatic rings. The Morgan fingerprint density at radius 1 is 1.03 bits per heavy atom. The molecule has 2 aliphatic heterocycles. The average molecular weight is 486 g/mol. The van der Waals surface area contributed by atoms with Gasteiger partial charge in [-0.2, -0.15) is 4.98 Å². The molecule has 0 atom stereocenters. The number of nitrogens with one attached hydrogen (secondary N) is 3. The fraction of sp³-hybridized carbons (Fsp3) is 0.320. The van der Waals surface area contributed by atoms with Crippen LogP contribution in [0.15, 0.2) is 47.4 Å². The zero-order valence-electron chi connectivity index (χ0n) is 20.2. The molecular weight excluding hydrogens is 458 g/mol. The number of hydrogen-bond donors (Lipinski definition) is 3. The number of benzene rings is 1. The zero-order valence-corrected chi connectivity index (χ0v) is 20.2. The van der Waals surface area contributed by atoms with E-state index in [9.17, 15) is 9.59 Å². The van der Waals surface area contributed by atoms with Gasteiger partial charge in [0, 0.05) is 37.6 Å². The number of hydrogen-bond acceptors (Lipinski definition) is 7. The highest BCUT2D eigenvalue weighted by atomic mass is 16.2. The van der Waals surface area contributed by atoms with Crippen molar-refractivity contribution in [2.24, 2.45) is 0 Å². The average Bonchev–Trinajstić information content (AvgIpc) is 3.44. The highest BCUT2D eigenvalue weighted by Gasteiger charge is 2.24. The molecule has 184 valence electrons. The van der Waals surface area contributed by atoms with Crippen LogP contribution in [-0.2, 0) is 13.0 Å². The maximum Gasteiger partial charge on any atom is 0.323 e. The van der Waals surface area contributed by atoms with Gasteiger partial charge in [-0.25, -0.2) is 24.1 Å². The van der Waals surface area contributed by atoms with Crippen LogP contribution in [-0.4, -0.2) is 50.0 Å². The van der Waals surface area contributed by atoms with E-state index in [0.29, 0.717) is 41.7 Å². The van der Waals surface area contributed by atoms with Gasteiger partial charge in [0.15, 0.2) is 11.5 Å². The highest BCUT2D eigenvalue weighted by molar-refractivity contribution is 5.93. The third-order valence-corrected chi connectivity index (χ3v) is 6.53. The minimum Gasteiger partial charge on any atom is -0.336 e. The van der Waals surface area contributed by atoms with Gasteiger partial charge in [-0.3, -0.25) is 9.69 Å². The summed E-state index contributed by atoms with van der Waals surface area (Å²) >= 11 is 0. The van der Waals surface area contributed by atoms with Crippen molar-refractivity contribution in [2.45, 2.75) is 32.9 Å². The third kappa shape index (κ3) is 3.77. The molecule has 11 heteroatoms. The Hall–Kier alpha value is -4.25. The van der Waals surface area contributed by atoms with Gasteiger partial charge in [0.2, 0.25) is 5.95 Å². The lowest BCUT2D eigenvalue weighted by Gasteiger charge is -2.18. The molecule has 0 bridgehead atoms. The van der Waals surface area contributed by atoms with Gasteiger partial charge < -0.3 is 16.0 Å². The van der Waals surface area contributed by atoms with E-state index in [1.54, 1.807) is 32.6 Å². The van der Waals surface area contributed by atoms with Crippen LogP contribution >= 0.6 is 0 Å². The van der Waals surface area contributed by atoms with Crippen LogP contribution in [0.2, 0.25) is 0 Å². The van der Waals surface area contributed by atoms with E-state index in [4.69, 9.17) is 9.97 Å². The predicted molar refractivity (Wildman–Crippen MR) is 137 cm³/mol. The summed E-state index contributed by atoms with van der Waals surface area (Å²) in [5.41, 5.74) is 3.73. The van der Waals surface area contributed by atoms with E-state index in [2.05, 4.69) is 33.1 Å². The summed E-state index contributed by atoms with van der Waals surface area (Å²) in [6, 6.07) is 11.3. The molecule has 6 rings (SSSR count). The Morgan fingerprint density at radius 3 is 2.69 bits per heavy atom. The number of aromatic nitrogens is 5. The quantitative estimate of drug-likeness (QED) is 0.397. The molecule has 3 N–H and O–H groups in total. The molecule has 1 aromatic carbocycles. The van der Waals surface area contributed by atoms with Gasteiger partial charge in [-0.15, -0.1) is 0 Å². The fourth-order valence-corrected chi connectivity index (χ4v) is 4.80. The maximum atomic E-state index is 13.3. The first-order valence-electron chi connectivity index (χ1n) is 12.1. The number of pyridine rings is 1. The Balaban J connectivity index is 1.44. The van der Waals surface area contributed by atoms with Crippen LogP contribution in [0.5, 0.6) is 0 Å². The van der Waals surface area contributed by atoms with Crippen LogP contribution in [0.4, 0.5) is 22.2 Å². The van der Waals surface area contributed by atoms with Crippen LogP contribution < -0.4 is 26.4 Å². The van der Waals surface area contributed by atoms with E-state index in [1.807, 2.05) is 26.0 Å². The van der Waals surface area contributed by atoms with Gasteiger partial charge in [0.05, 0.1) is 0 Å². The van der Waals surface area contributed by atoms with Crippen molar-refractivity contribution in [2.75, 3.05) is 29.9 Å². The minimum atomic E-state index is -0.197. The first-order valence-corrected chi connectivity index (χ1v) is 12.1. The number of carbonyl (C=O) groups excluding carboxylic acids is 1.